The van der Waals surface area contributed by atoms with Crippen molar-refractivity contribution in [2.24, 2.45) is 0 Å². The molecule has 0 radical (unpaired) electrons. The zero-order chi connectivity index (χ0) is 15.4. The van der Waals surface area contributed by atoms with Crippen LogP contribution in [0.25, 0.3) is 0 Å². The predicted octanol–water partition coefficient (Wildman–Crippen LogP) is 3.66. The minimum atomic E-state index is -0.619. The Hall–Kier alpha value is -2.63. The van der Waals surface area contributed by atoms with E-state index in [1.807, 2.05) is 25.1 Å². The molecule has 1 N–H and O–H groups in total. The van der Waals surface area contributed by atoms with Crippen molar-refractivity contribution in [3.8, 4) is 5.75 Å². The van der Waals surface area contributed by atoms with Crippen molar-refractivity contribution in [2.45, 2.75) is 13.5 Å². The summed E-state index contributed by atoms with van der Waals surface area (Å²) >= 11 is 0. The Morgan fingerprint density at radius 3 is 2.67 bits per heavy atom. The molecule has 0 saturated heterocycles. The van der Waals surface area contributed by atoms with Gasteiger partial charge in [-0.25, -0.2) is 4.39 Å². The molecule has 0 aromatic heterocycles. The largest absolute Gasteiger partial charge is 0.496 e. The molecule has 0 unspecified atom stereocenters. The fourth-order valence-electron chi connectivity index (χ4n) is 2.03. The first kappa shape index (κ1) is 14.8. The summed E-state index contributed by atoms with van der Waals surface area (Å²) in [7, 11) is 1.60. The Bertz CT molecular complexity index is 674. The van der Waals surface area contributed by atoms with Crippen LogP contribution in [0.4, 0.5) is 15.8 Å². The quantitative estimate of drug-likeness (QED) is 0.674. The number of methoxy groups -OCH3 is 1. The minimum Gasteiger partial charge on any atom is -0.496 e. The molecule has 6 heteroatoms. The molecule has 0 aliphatic rings. The number of hydrogen-bond donors (Lipinski definition) is 1. The van der Waals surface area contributed by atoms with Crippen molar-refractivity contribution in [2.75, 3.05) is 12.4 Å². The highest BCUT2D eigenvalue weighted by Crippen LogP contribution is 2.22. The number of hydrogen-bond acceptors (Lipinski definition) is 4. The smallest absolute Gasteiger partial charge is 0.272 e. The van der Waals surface area contributed by atoms with Gasteiger partial charge in [0.05, 0.1) is 18.1 Å². The molecule has 0 saturated carbocycles. The number of rotatable bonds is 5. The maximum Gasteiger partial charge on any atom is 0.272 e. The van der Waals surface area contributed by atoms with Crippen LogP contribution in [-0.2, 0) is 6.54 Å². The van der Waals surface area contributed by atoms with Gasteiger partial charge in [0.1, 0.15) is 11.6 Å². The molecular weight excluding hydrogens is 275 g/mol. The number of aryl methyl sites for hydroxylation is 1. The maximum absolute atomic E-state index is 13.3. The van der Waals surface area contributed by atoms with E-state index in [0.717, 1.165) is 23.1 Å². The van der Waals surface area contributed by atoms with Crippen molar-refractivity contribution in [1.29, 1.82) is 0 Å². The number of halogens is 1. The first-order chi connectivity index (χ1) is 9.99. The normalized spacial score (nSPS) is 10.2. The van der Waals surface area contributed by atoms with Crippen LogP contribution in [0.3, 0.4) is 0 Å². The number of nitro groups is 1. The Morgan fingerprint density at radius 1 is 1.29 bits per heavy atom. The average molecular weight is 290 g/mol. The monoisotopic (exact) mass is 290 g/mol. The van der Waals surface area contributed by atoms with Crippen LogP contribution in [0.15, 0.2) is 36.4 Å². The minimum absolute atomic E-state index is 0.252. The second-order valence-electron chi connectivity index (χ2n) is 4.61. The van der Waals surface area contributed by atoms with Gasteiger partial charge < -0.3 is 10.1 Å². The van der Waals surface area contributed by atoms with Gasteiger partial charge in [-0.1, -0.05) is 0 Å². The van der Waals surface area contributed by atoms with Crippen molar-refractivity contribution in [1.82, 2.24) is 0 Å². The molecule has 0 fully saturated rings. The second-order valence-corrected chi connectivity index (χ2v) is 4.61. The number of non-ortho nitro benzene ring substituents is 1. The molecular formula is C15H15FN2O3. The molecule has 0 spiro atoms. The first-order valence-electron chi connectivity index (χ1n) is 6.32. The Balaban J connectivity index is 2.12. The first-order valence-corrected chi connectivity index (χ1v) is 6.32. The lowest BCUT2D eigenvalue weighted by molar-refractivity contribution is -0.385. The molecule has 2 aromatic rings. The summed E-state index contributed by atoms with van der Waals surface area (Å²) in [5.41, 5.74) is 2.06. The molecule has 21 heavy (non-hydrogen) atoms. The van der Waals surface area contributed by atoms with Crippen LogP contribution in [0.2, 0.25) is 0 Å². The summed E-state index contributed by atoms with van der Waals surface area (Å²) in [6.45, 7) is 2.21. The number of nitro benzene ring substituents is 1. The van der Waals surface area contributed by atoms with Crippen LogP contribution >= 0.6 is 0 Å². The van der Waals surface area contributed by atoms with E-state index < -0.39 is 10.7 Å². The van der Waals surface area contributed by atoms with Crippen molar-refractivity contribution >= 4 is 11.4 Å². The van der Waals surface area contributed by atoms with Crippen molar-refractivity contribution < 1.29 is 14.1 Å². The van der Waals surface area contributed by atoms with E-state index >= 15 is 0 Å². The summed E-state index contributed by atoms with van der Waals surface area (Å²) in [5, 5.41) is 13.8. The van der Waals surface area contributed by atoms with E-state index in [2.05, 4.69) is 5.32 Å². The van der Waals surface area contributed by atoms with E-state index in [1.165, 1.54) is 12.1 Å². The third kappa shape index (κ3) is 3.68. The van der Waals surface area contributed by atoms with E-state index in [0.29, 0.717) is 12.1 Å². The summed E-state index contributed by atoms with van der Waals surface area (Å²) in [5.74, 6) is 0.161. The van der Waals surface area contributed by atoms with Gasteiger partial charge in [-0.05, 0) is 42.3 Å². The molecule has 5 nitrogen and oxygen atoms in total. The molecule has 2 aromatic carbocycles. The molecule has 0 aliphatic carbocycles. The Morgan fingerprint density at radius 2 is 2.05 bits per heavy atom. The second kappa shape index (κ2) is 6.21. The molecule has 0 bridgehead atoms. The van der Waals surface area contributed by atoms with Crippen molar-refractivity contribution in [3.05, 3.63) is 63.5 Å². The van der Waals surface area contributed by atoms with E-state index in [4.69, 9.17) is 4.74 Å². The van der Waals surface area contributed by atoms with Gasteiger partial charge in [0.25, 0.3) is 5.69 Å². The van der Waals surface area contributed by atoms with E-state index in [9.17, 15) is 14.5 Å². The van der Waals surface area contributed by atoms with Crippen LogP contribution in [0, 0.1) is 22.9 Å². The van der Waals surface area contributed by atoms with Crippen LogP contribution in [0.5, 0.6) is 5.75 Å². The van der Waals surface area contributed by atoms with Crippen molar-refractivity contribution in [3.63, 3.8) is 0 Å². The van der Waals surface area contributed by atoms with E-state index in [1.54, 1.807) is 7.11 Å². The summed E-state index contributed by atoms with van der Waals surface area (Å²) < 4.78 is 18.5. The van der Waals surface area contributed by atoms with Gasteiger partial charge in [0.15, 0.2) is 0 Å². The SMILES string of the molecule is COc1ccc(NCc2cc(F)cc([N+](=O)[O-])c2)cc1C. The number of anilines is 1. The molecule has 0 aliphatic heterocycles. The van der Waals surface area contributed by atoms with Gasteiger partial charge in [0.2, 0.25) is 0 Å². The van der Waals surface area contributed by atoms with Crippen LogP contribution in [0.1, 0.15) is 11.1 Å². The number of nitrogens with zero attached hydrogens (tertiary/aromatic N) is 1. The molecule has 0 amide bonds. The molecule has 0 atom stereocenters. The lowest BCUT2D eigenvalue weighted by Gasteiger charge is -2.10. The lowest BCUT2D eigenvalue weighted by Crippen LogP contribution is -2.01. The zero-order valence-corrected chi connectivity index (χ0v) is 11.7. The Labute approximate surface area is 121 Å². The van der Waals surface area contributed by atoms with E-state index in [-0.39, 0.29) is 5.69 Å². The summed E-state index contributed by atoms with van der Waals surface area (Å²) in [6.07, 6.45) is 0. The standard InChI is InChI=1S/C15H15FN2O3/c1-10-5-13(3-4-15(10)21-2)17-9-11-6-12(16)8-14(7-11)18(19)20/h3-8,17H,9H2,1-2H3. The van der Waals surface area contributed by atoms with Crippen LogP contribution in [-0.4, -0.2) is 12.0 Å². The van der Waals surface area contributed by atoms with Gasteiger partial charge in [-0.3, -0.25) is 10.1 Å². The summed E-state index contributed by atoms with van der Waals surface area (Å²) in [4.78, 5) is 10.1. The molecule has 0 heterocycles. The maximum atomic E-state index is 13.3. The number of ether oxygens (including phenoxy) is 1. The molecule has 2 rings (SSSR count). The van der Waals surface area contributed by atoms with Gasteiger partial charge in [-0.2, -0.15) is 0 Å². The number of nitrogens with one attached hydrogen (secondary N) is 1. The van der Waals surface area contributed by atoms with Gasteiger partial charge >= 0.3 is 0 Å². The van der Waals surface area contributed by atoms with Gasteiger partial charge in [0, 0.05) is 18.3 Å². The highest BCUT2D eigenvalue weighted by Gasteiger charge is 2.09. The average Bonchev–Trinajstić information content (AvgIpc) is 2.44. The third-order valence-electron chi connectivity index (χ3n) is 3.04. The topological polar surface area (TPSA) is 64.4 Å². The Kier molecular flexibility index (Phi) is 4.37. The fourth-order valence-corrected chi connectivity index (χ4v) is 2.03. The third-order valence-corrected chi connectivity index (χ3v) is 3.04. The highest BCUT2D eigenvalue weighted by molar-refractivity contribution is 5.51. The fraction of sp³-hybridized carbons (Fsp3) is 0.200. The van der Waals surface area contributed by atoms with Crippen LogP contribution < -0.4 is 10.1 Å². The zero-order valence-electron chi connectivity index (χ0n) is 11.7. The highest BCUT2D eigenvalue weighted by atomic mass is 19.1. The number of benzene rings is 2. The lowest BCUT2D eigenvalue weighted by atomic mass is 10.1. The van der Waals surface area contributed by atoms with Gasteiger partial charge in [-0.15, -0.1) is 0 Å². The molecule has 110 valence electrons. The predicted molar refractivity (Wildman–Crippen MR) is 78.1 cm³/mol. The summed E-state index contributed by atoms with van der Waals surface area (Å²) in [6, 6.07) is 9.08.